The van der Waals surface area contributed by atoms with Crippen LogP contribution in [0, 0.1) is 23.7 Å². The maximum Gasteiger partial charge on any atom is 0.472 e. The van der Waals surface area contributed by atoms with Gasteiger partial charge in [0, 0.05) is 25.7 Å². The van der Waals surface area contributed by atoms with Crippen LogP contribution in [0.3, 0.4) is 0 Å². The standard InChI is InChI=1S/C70H136O17P2/c1-9-63(8)49-41-33-24-18-15-16-19-25-34-42-50-67(72)80-56-65(86-69(74)52-44-36-26-20-14-12-10-11-13-17-22-30-38-46-60(2)3)58-84-88(76,77)82-54-64(71)55-83-89(78,79)85-59-66(57-81-68(73)51-43-35-29-28-32-40-48-62(6)7)87-70(75)53-45-37-27-21-23-31-39-47-61(4)5/h60-66,71H,9-59H2,1-8H3,(H,76,77)(H,78,79)/t63?,64-,65-,66-/m1/s1. The molecule has 0 aromatic rings. The van der Waals surface area contributed by atoms with E-state index >= 15 is 0 Å². The number of unbranched alkanes of at least 4 members (excludes halogenated alkanes) is 32. The molecule has 0 aliphatic heterocycles. The third kappa shape index (κ3) is 63.2. The molecule has 0 saturated carbocycles. The number of phosphoric acid groups is 2. The van der Waals surface area contributed by atoms with E-state index in [0.29, 0.717) is 37.5 Å². The molecule has 0 amide bonds. The molecule has 0 heterocycles. The summed E-state index contributed by atoms with van der Waals surface area (Å²) in [6, 6.07) is 0. The lowest BCUT2D eigenvalue weighted by Gasteiger charge is -2.21. The molecule has 0 fully saturated rings. The van der Waals surface area contributed by atoms with Gasteiger partial charge in [-0.2, -0.15) is 0 Å². The zero-order chi connectivity index (χ0) is 66.1. The lowest BCUT2D eigenvalue weighted by Crippen LogP contribution is -2.30. The number of hydrogen-bond acceptors (Lipinski definition) is 15. The van der Waals surface area contributed by atoms with Crippen LogP contribution in [0.2, 0.25) is 0 Å². The van der Waals surface area contributed by atoms with E-state index in [-0.39, 0.29) is 25.7 Å². The number of phosphoric ester groups is 2. The number of aliphatic hydroxyl groups excluding tert-OH is 1. The molecule has 89 heavy (non-hydrogen) atoms. The van der Waals surface area contributed by atoms with Crippen molar-refractivity contribution in [2.24, 2.45) is 23.7 Å². The van der Waals surface area contributed by atoms with Crippen molar-refractivity contribution in [3.63, 3.8) is 0 Å². The van der Waals surface area contributed by atoms with Gasteiger partial charge in [-0.1, -0.05) is 293 Å². The van der Waals surface area contributed by atoms with Gasteiger partial charge in [-0.15, -0.1) is 0 Å². The fourth-order valence-corrected chi connectivity index (χ4v) is 12.0. The van der Waals surface area contributed by atoms with E-state index in [1.807, 2.05) is 0 Å². The largest absolute Gasteiger partial charge is 0.472 e. The summed E-state index contributed by atoms with van der Waals surface area (Å²) in [6.07, 6.45) is 41.9. The normalized spacial score (nSPS) is 14.6. The highest BCUT2D eigenvalue weighted by atomic mass is 31.2. The first kappa shape index (κ1) is 87.1. The summed E-state index contributed by atoms with van der Waals surface area (Å²) in [4.78, 5) is 72.5. The number of rotatable bonds is 67. The summed E-state index contributed by atoms with van der Waals surface area (Å²) in [5, 5.41) is 10.6. The average Bonchev–Trinajstić information content (AvgIpc) is 3.70. The van der Waals surface area contributed by atoms with E-state index < -0.39 is 97.5 Å². The van der Waals surface area contributed by atoms with Crippen LogP contribution in [0.25, 0.3) is 0 Å². The number of esters is 4. The quantitative estimate of drug-likeness (QED) is 0.0222. The summed E-state index contributed by atoms with van der Waals surface area (Å²) in [7, 11) is -9.90. The SMILES string of the molecule is CCC(C)CCCCCCCCCCCCC(=O)OC[C@H](COP(=O)(O)OC[C@@H](O)COP(=O)(O)OC[C@@H](COC(=O)CCCCCCCCC(C)C)OC(=O)CCCCCCCCCC(C)C)OC(=O)CCCCCCCCCCCCCCCC(C)C. The first-order chi connectivity index (χ1) is 42.6. The molecular weight excluding hydrogens is 1170 g/mol. The molecule has 17 nitrogen and oxygen atoms in total. The number of hydrogen-bond donors (Lipinski definition) is 3. The Hall–Kier alpha value is -1.94. The van der Waals surface area contributed by atoms with E-state index in [4.69, 9.17) is 37.0 Å². The number of ether oxygens (including phenoxy) is 4. The average molecular weight is 1310 g/mol. The molecule has 19 heteroatoms. The Bertz CT molecular complexity index is 1770. The molecule has 0 radical (unpaired) electrons. The van der Waals surface area contributed by atoms with Crippen molar-refractivity contribution < 1.29 is 80.2 Å². The first-order valence-corrected chi connectivity index (χ1v) is 39.2. The Labute approximate surface area is 543 Å². The molecule has 0 aliphatic rings. The highest BCUT2D eigenvalue weighted by Crippen LogP contribution is 2.45. The fraction of sp³-hybridized carbons (Fsp3) is 0.943. The number of carbonyl (C=O) groups excluding carboxylic acids is 4. The second-order valence-corrected chi connectivity index (χ2v) is 29.8. The van der Waals surface area contributed by atoms with Gasteiger partial charge in [-0.25, -0.2) is 9.13 Å². The second kappa shape index (κ2) is 59.8. The zero-order valence-electron chi connectivity index (χ0n) is 58.1. The van der Waals surface area contributed by atoms with Crippen LogP contribution in [0.15, 0.2) is 0 Å². The third-order valence-electron chi connectivity index (χ3n) is 16.4. The van der Waals surface area contributed by atoms with Crippen molar-refractivity contribution in [3.05, 3.63) is 0 Å². The maximum absolute atomic E-state index is 13.0. The molecule has 0 rings (SSSR count). The van der Waals surface area contributed by atoms with Gasteiger partial charge in [-0.05, 0) is 49.4 Å². The Morgan fingerprint density at radius 1 is 0.315 bits per heavy atom. The maximum atomic E-state index is 13.0. The highest BCUT2D eigenvalue weighted by Gasteiger charge is 2.30. The van der Waals surface area contributed by atoms with Crippen molar-refractivity contribution in [3.8, 4) is 0 Å². The van der Waals surface area contributed by atoms with Gasteiger partial charge < -0.3 is 33.8 Å². The Balaban J connectivity index is 5.24. The molecule has 3 unspecified atom stereocenters. The van der Waals surface area contributed by atoms with Gasteiger partial charge in [0.05, 0.1) is 26.4 Å². The summed E-state index contributed by atoms with van der Waals surface area (Å²) in [5.41, 5.74) is 0. The highest BCUT2D eigenvalue weighted by molar-refractivity contribution is 7.47. The van der Waals surface area contributed by atoms with Crippen molar-refractivity contribution in [2.75, 3.05) is 39.6 Å². The lowest BCUT2D eigenvalue weighted by atomic mass is 9.99. The summed E-state index contributed by atoms with van der Waals surface area (Å²) >= 11 is 0. The fourth-order valence-electron chi connectivity index (χ4n) is 10.5. The van der Waals surface area contributed by atoms with Crippen molar-refractivity contribution >= 4 is 39.5 Å². The molecular formula is C70H136O17P2. The second-order valence-electron chi connectivity index (χ2n) is 26.9. The van der Waals surface area contributed by atoms with Crippen LogP contribution in [0.4, 0.5) is 0 Å². The summed E-state index contributed by atoms with van der Waals surface area (Å²) in [6.45, 7) is 14.0. The minimum absolute atomic E-state index is 0.102. The number of aliphatic hydroxyl groups is 1. The topological polar surface area (TPSA) is 237 Å². The van der Waals surface area contributed by atoms with Gasteiger partial charge in [0.2, 0.25) is 0 Å². The predicted molar refractivity (Wildman–Crippen MR) is 358 cm³/mol. The molecule has 3 N–H and O–H groups in total. The zero-order valence-corrected chi connectivity index (χ0v) is 59.8. The van der Waals surface area contributed by atoms with Gasteiger partial charge in [0.25, 0.3) is 0 Å². The molecule has 0 spiro atoms. The molecule has 528 valence electrons. The van der Waals surface area contributed by atoms with Crippen molar-refractivity contribution in [1.82, 2.24) is 0 Å². The van der Waals surface area contributed by atoms with E-state index in [1.165, 1.54) is 141 Å². The van der Waals surface area contributed by atoms with Crippen LogP contribution >= 0.6 is 15.6 Å². The van der Waals surface area contributed by atoms with Gasteiger partial charge in [0.1, 0.15) is 19.3 Å². The summed E-state index contributed by atoms with van der Waals surface area (Å²) in [5.74, 6) is 0.839. The third-order valence-corrected chi connectivity index (χ3v) is 18.3. The molecule has 0 aromatic heterocycles. The van der Waals surface area contributed by atoms with Crippen LogP contribution < -0.4 is 0 Å². The minimum atomic E-state index is -4.95. The number of carbonyl (C=O) groups is 4. The molecule has 0 bridgehead atoms. The molecule has 6 atom stereocenters. The van der Waals surface area contributed by atoms with E-state index in [2.05, 4.69) is 55.4 Å². The Morgan fingerprint density at radius 3 is 0.798 bits per heavy atom. The van der Waals surface area contributed by atoms with Crippen LogP contribution in [0.1, 0.15) is 344 Å². The monoisotopic (exact) mass is 1310 g/mol. The molecule has 0 saturated heterocycles. The first-order valence-electron chi connectivity index (χ1n) is 36.2. The molecule has 0 aliphatic carbocycles. The van der Waals surface area contributed by atoms with E-state index in [1.54, 1.807) is 0 Å². The van der Waals surface area contributed by atoms with Gasteiger partial charge in [0.15, 0.2) is 12.2 Å². The van der Waals surface area contributed by atoms with Gasteiger partial charge >= 0.3 is 39.5 Å². The van der Waals surface area contributed by atoms with E-state index in [9.17, 15) is 43.2 Å². The Kier molecular flexibility index (Phi) is 58.5. The van der Waals surface area contributed by atoms with Crippen LogP contribution in [0.5, 0.6) is 0 Å². The lowest BCUT2D eigenvalue weighted by molar-refractivity contribution is -0.161. The van der Waals surface area contributed by atoms with Crippen molar-refractivity contribution in [2.45, 2.75) is 363 Å². The molecule has 0 aromatic carbocycles. The smallest absolute Gasteiger partial charge is 0.462 e. The van der Waals surface area contributed by atoms with Crippen molar-refractivity contribution in [1.29, 1.82) is 0 Å². The minimum Gasteiger partial charge on any atom is -0.462 e. The van der Waals surface area contributed by atoms with E-state index in [0.717, 1.165) is 108 Å². The predicted octanol–water partition coefficient (Wildman–Crippen LogP) is 19.7. The van der Waals surface area contributed by atoms with Crippen LogP contribution in [-0.2, 0) is 65.4 Å². The van der Waals surface area contributed by atoms with Crippen LogP contribution in [-0.4, -0.2) is 96.7 Å². The summed E-state index contributed by atoms with van der Waals surface area (Å²) < 4.78 is 68.2. The Morgan fingerprint density at radius 2 is 0.539 bits per heavy atom. The van der Waals surface area contributed by atoms with Gasteiger partial charge in [-0.3, -0.25) is 37.3 Å².